The van der Waals surface area contributed by atoms with E-state index in [9.17, 15) is 8.42 Å². The maximum absolute atomic E-state index is 12.1. The van der Waals surface area contributed by atoms with Gasteiger partial charge in [0.05, 0.1) is 5.02 Å². The van der Waals surface area contributed by atoms with Gasteiger partial charge in [0, 0.05) is 24.5 Å². The normalized spacial score (nSPS) is 13.0. The van der Waals surface area contributed by atoms with Crippen molar-refractivity contribution in [3.63, 3.8) is 0 Å². The first-order valence-electron chi connectivity index (χ1n) is 5.43. The second-order valence-electron chi connectivity index (χ2n) is 4.84. The monoisotopic (exact) mass is 291 g/mol. The maximum Gasteiger partial charge on any atom is 0.243 e. The summed E-state index contributed by atoms with van der Waals surface area (Å²) < 4.78 is 26.7. The van der Waals surface area contributed by atoms with Crippen molar-refractivity contribution < 1.29 is 8.42 Å². The number of nitrogens with zero attached hydrogens (tertiary/aromatic N) is 2. The van der Waals surface area contributed by atoms with E-state index in [1.807, 2.05) is 32.8 Å². The lowest BCUT2D eigenvalue weighted by molar-refractivity contribution is 0.199. The quantitative estimate of drug-likeness (QED) is 0.890. The van der Waals surface area contributed by atoms with Gasteiger partial charge in [0.15, 0.2) is 0 Å². The maximum atomic E-state index is 12.1. The Balaban J connectivity index is 2.88. The lowest BCUT2D eigenvalue weighted by Gasteiger charge is -2.32. The largest absolute Gasteiger partial charge is 0.303 e. The molecule has 0 fully saturated rings. The van der Waals surface area contributed by atoms with E-state index in [0.29, 0.717) is 0 Å². The summed E-state index contributed by atoms with van der Waals surface area (Å²) in [5.74, 6) is 0. The molecule has 1 aromatic heterocycles. The molecule has 0 aliphatic heterocycles. The molecule has 0 saturated carbocycles. The van der Waals surface area contributed by atoms with Crippen LogP contribution in [0.4, 0.5) is 0 Å². The molecule has 0 atom stereocenters. The van der Waals surface area contributed by atoms with Crippen molar-refractivity contribution in [3.8, 4) is 0 Å². The average Bonchev–Trinajstić information content (AvgIpc) is 2.27. The zero-order chi connectivity index (χ0) is 14.0. The van der Waals surface area contributed by atoms with Gasteiger partial charge in [-0.1, -0.05) is 11.6 Å². The van der Waals surface area contributed by atoms with E-state index in [1.165, 1.54) is 18.5 Å². The van der Waals surface area contributed by atoms with Crippen LogP contribution in [0.15, 0.2) is 23.4 Å². The Morgan fingerprint density at radius 2 is 2.06 bits per heavy atom. The molecule has 1 N–H and O–H groups in total. The van der Waals surface area contributed by atoms with Crippen LogP contribution in [-0.2, 0) is 10.0 Å². The third-order valence-corrected chi connectivity index (χ3v) is 4.80. The van der Waals surface area contributed by atoms with E-state index < -0.39 is 10.0 Å². The first-order valence-corrected chi connectivity index (χ1v) is 7.29. The van der Waals surface area contributed by atoms with Crippen LogP contribution in [0.2, 0.25) is 5.02 Å². The van der Waals surface area contributed by atoms with Gasteiger partial charge in [0.25, 0.3) is 0 Å². The van der Waals surface area contributed by atoms with Crippen molar-refractivity contribution in [2.75, 3.05) is 20.6 Å². The van der Waals surface area contributed by atoms with Crippen LogP contribution in [-0.4, -0.2) is 44.5 Å². The lowest BCUT2D eigenvalue weighted by atomic mass is 10.1. The van der Waals surface area contributed by atoms with Gasteiger partial charge in [-0.15, -0.1) is 0 Å². The van der Waals surface area contributed by atoms with Crippen LogP contribution >= 0.6 is 11.6 Å². The minimum Gasteiger partial charge on any atom is -0.303 e. The molecule has 0 unspecified atom stereocenters. The van der Waals surface area contributed by atoms with Crippen molar-refractivity contribution in [1.82, 2.24) is 14.6 Å². The Bertz CT molecular complexity index is 515. The van der Waals surface area contributed by atoms with Gasteiger partial charge in [-0.3, -0.25) is 4.98 Å². The molecule has 0 bridgehead atoms. The first kappa shape index (κ1) is 15.4. The van der Waals surface area contributed by atoms with E-state index >= 15 is 0 Å². The average molecular weight is 292 g/mol. The summed E-state index contributed by atoms with van der Waals surface area (Å²) in [6, 6.07) is 1.45. The summed E-state index contributed by atoms with van der Waals surface area (Å²) in [5.41, 5.74) is -0.290. The van der Waals surface area contributed by atoms with Crippen LogP contribution in [0.25, 0.3) is 0 Å². The molecule has 1 aromatic rings. The zero-order valence-corrected chi connectivity index (χ0v) is 12.5. The summed E-state index contributed by atoms with van der Waals surface area (Å²) in [6.07, 6.45) is 2.69. The van der Waals surface area contributed by atoms with E-state index in [4.69, 9.17) is 11.6 Å². The van der Waals surface area contributed by atoms with E-state index in [1.54, 1.807) is 0 Å². The fourth-order valence-electron chi connectivity index (χ4n) is 1.07. The fourth-order valence-corrected chi connectivity index (χ4v) is 2.70. The van der Waals surface area contributed by atoms with Crippen molar-refractivity contribution in [2.45, 2.75) is 24.3 Å². The number of pyridine rings is 1. The molecular weight excluding hydrogens is 274 g/mol. The first-order chi connectivity index (χ1) is 8.17. The SMILES string of the molecule is CN(C)C(C)(C)CNS(=O)(=O)c1cnccc1Cl. The molecule has 18 heavy (non-hydrogen) atoms. The molecule has 0 amide bonds. The molecule has 7 heteroatoms. The number of sulfonamides is 1. The predicted octanol–water partition coefficient (Wildman–Crippen LogP) is 1.35. The summed E-state index contributed by atoms with van der Waals surface area (Å²) in [5, 5.41) is 0.167. The van der Waals surface area contributed by atoms with Gasteiger partial charge in [-0.05, 0) is 34.0 Å². The summed E-state index contributed by atoms with van der Waals surface area (Å²) >= 11 is 5.85. The third-order valence-electron chi connectivity index (χ3n) is 2.93. The number of aromatic nitrogens is 1. The Kier molecular flexibility index (Phi) is 4.72. The summed E-state index contributed by atoms with van der Waals surface area (Å²) in [4.78, 5) is 5.72. The van der Waals surface area contributed by atoms with E-state index in [-0.39, 0.29) is 22.0 Å². The zero-order valence-electron chi connectivity index (χ0n) is 10.9. The number of rotatable bonds is 5. The molecule has 5 nitrogen and oxygen atoms in total. The highest BCUT2D eigenvalue weighted by molar-refractivity contribution is 7.89. The number of halogens is 1. The summed E-state index contributed by atoms with van der Waals surface area (Å²) in [6.45, 7) is 4.17. The number of hydrogen-bond donors (Lipinski definition) is 1. The molecule has 0 aliphatic carbocycles. The van der Waals surface area contributed by atoms with Gasteiger partial charge in [0.1, 0.15) is 4.90 Å². The van der Waals surface area contributed by atoms with Crippen LogP contribution < -0.4 is 4.72 Å². The highest BCUT2D eigenvalue weighted by Crippen LogP contribution is 2.19. The molecule has 0 radical (unpaired) electrons. The van der Waals surface area contributed by atoms with E-state index in [2.05, 4.69) is 9.71 Å². The topological polar surface area (TPSA) is 62.3 Å². The van der Waals surface area contributed by atoms with Gasteiger partial charge in [-0.25, -0.2) is 13.1 Å². The molecule has 1 rings (SSSR count). The molecule has 0 aliphatic rings. The van der Waals surface area contributed by atoms with Crippen LogP contribution in [0, 0.1) is 0 Å². The predicted molar refractivity (Wildman–Crippen MR) is 72.2 cm³/mol. The highest BCUT2D eigenvalue weighted by Gasteiger charge is 2.25. The lowest BCUT2D eigenvalue weighted by Crippen LogP contribution is -2.48. The van der Waals surface area contributed by atoms with Crippen LogP contribution in [0.1, 0.15) is 13.8 Å². The molecule has 1 heterocycles. The van der Waals surface area contributed by atoms with Crippen molar-refractivity contribution in [3.05, 3.63) is 23.5 Å². The second-order valence-corrected chi connectivity index (χ2v) is 6.98. The minimum atomic E-state index is -3.63. The Morgan fingerprint density at radius 3 is 2.56 bits per heavy atom. The van der Waals surface area contributed by atoms with Gasteiger partial charge >= 0.3 is 0 Å². The number of hydrogen-bond acceptors (Lipinski definition) is 4. The van der Waals surface area contributed by atoms with Gasteiger partial charge in [-0.2, -0.15) is 0 Å². The highest BCUT2D eigenvalue weighted by atomic mass is 35.5. The van der Waals surface area contributed by atoms with Crippen LogP contribution in [0.3, 0.4) is 0 Å². The number of likely N-dealkylation sites (N-methyl/N-ethyl adjacent to an activating group) is 1. The molecule has 0 aromatic carbocycles. The summed E-state index contributed by atoms with van der Waals surface area (Å²) in [7, 11) is 0.160. The smallest absolute Gasteiger partial charge is 0.243 e. The second kappa shape index (κ2) is 5.52. The van der Waals surface area contributed by atoms with Crippen molar-refractivity contribution in [1.29, 1.82) is 0 Å². The van der Waals surface area contributed by atoms with Crippen LogP contribution in [0.5, 0.6) is 0 Å². The minimum absolute atomic E-state index is 0.00113. The standard InChI is InChI=1S/C11H18ClN3O2S/c1-11(2,15(3)4)8-14-18(16,17)10-7-13-6-5-9(10)12/h5-7,14H,8H2,1-4H3. The fraction of sp³-hybridized carbons (Fsp3) is 0.545. The number of nitrogens with one attached hydrogen (secondary N) is 1. The molecule has 102 valence electrons. The molecular formula is C11H18ClN3O2S. The van der Waals surface area contributed by atoms with Crippen molar-refractivity contribution in [2.24, 2.45) is 0 Å². The Labute approximate surface area is 113 Å². The Hall–Kier alpha value is -0.690. The third kappa shape index (κ3) is 3.65. The molecule has 0 spiro atoms. The Morgan fingerprint density at radius 1 is 1.44 bits per heavy atom. The van der Waals surface area contributed by atoms with Gasteiger partial charge < -0.3 is 4.90 Å². The van der Waals surface area contributed by atoms with Gasteiger partial charge in [0.2, 0.25) is 10.0 Å². The molecule has 0 saturated heterocycles. The van der Waals surface area contributed by atoms with E-state index in [0.717, 1.165) is 0 Å². The van der Waals surface area contributed by atoms with Crippen molar-refractivity contribution >= 4 is 21.6 Å².